The van der Waals surface area contributed by atoms with E-state index < -0.39 is 0 Å². The lowest BCUT2D eigenvalue weighted by atomic mass is 9.92. The fourth-order valence-electron chi connectivity index (χ4n) is 2.29. The molecular formula is C12H20N2O2. The van der Waals surface area contributed by atoms with Crippen LogP contribution >= 0.6 is 0 Å². The zero-order chi connectivity index (χ0) is 11.5. The Hall–Kier alpha value is -0.870. The van der Waals surface area contributed by atoms with Gasteiger partial charge in [-0.05, 0) is 45.7 Å². The molecule has 4 heteroatoms. The number of hydrogen-bond acceptors (Lipinski definition) is 4. The van der Waals surface area contributed by atoms with Gasteiger partial charge in [-0.2, -0.15) is 0 Å². The topological polar surface area (TPSA) is 49.5 Å². The molecule has 0 radical (unpaired) electrons. The summed E-state index contributed by atoms with van der Waals surface area (Å²) in [5.74, 6) is 1.38. The van der Waals surface area contributed by atoms with Gasteiger partial charge in [0.05, 0.1) is 11.8 Å². The van der Waals surface area contributed by atoms with Crippen LogP contribution in [0, 0.1) is 12.8 Å². The van der Waals surface area contributed by atoms with E-state index in [9.17, 15) is 5.11 Å². The van der Waals surface area contributed by atoms with Gasteiger partial charge in [0.1, 0.15) is 5.76 Å². The van der Waals surface area contributed by atoms with Crippen LogP contribution in [-0.2, 0) is 6.54 Å². The third-order valence-electron chi connectivity index (χ3n) is 3.53. The van der Waals surface area contributed by atoms with E-state index >= 15 is 0 Å². The van der Waals surface area contributed by atoms with Crippen molar-refractivity contribution in [1.29, 1.82) is 0 Å². The number of nitrogens with zero attached hydrogens (tertiary/aromatic N) is 2. The number of likely N-dealkylation sites (tertiary alicyclic amines) is 1. The first kappa shape index (κ1) is 11.6. The molecule has 1 fully saturated rings. The van der Waals surface area contributed by atoms with Crippen LogP contribution in [0.3, 0.4) is 0 Å². The number of aromatic nitrogens is 1. The largest absolute Gasteiger partial charge is 0.448 e. The first-order chi connectivity index (χ1) is 7.66. The quantitative estimate of drug-likeness (QED) is 0.846. The second kappa shape index (κ2) is 4.97. The van der Waals surface area contributed by atoms with Gasteiger partial charge < -0.3 is 9.52 Å². The maximum absolute atomic E-state index is 9.52. The molecule has 2 heterocycles. The van der Waals surface area contributed by atoms with Gasteiger partial charge in [0.2, 0.25) is 0 Å². The summed E-state index contributed by atoms with van der Waals surface area (Å²) in [6.45, 7) is 6.80. The van der Waals surface area contributed by atoms with Gasteiger partial charge in [0, 0.05) is 6.54 Å². The minimum Gasteiger partial charge on any atom is -0.448 e. The maximum atomic E-state index is 9.52. The summed E-state index contributed by atoms with van der Waals surface area (Å²) in [5, 5.41) is 9.52. The zero-order valence-electron chi connectivity index (χ0n) is 10.0. The standard InChI is InChI=1S/C12H20N2O2/c1-9(15)11-3-5-14(6-4-11)7-12-10(2)16-8-13-12/h8-9,11,15H,3-7H2,1-2H3. The van der Waals surface area contributed by atoms with Crippen LogP contribution < -0.4 is 0 Å². The second-order valence-electron chi connectivity index (χ2n) is 4.71. The summed E-state index contributed by atoms with van der Waals surface area (Å²) < 4.78 is 5.19. The fourth-order valence-corrected chi connectivity index (χ4v) is 2.29. The van der Waals surface area contributed by atoms with E-state index in [1.165, 1.54) is 6.39 Å². The molecular weight excluding hydrogens is 204 g/mol. The van der Waals surface area contributed by atoms with E-state index in [1.807, 2.05) is 13.8 Å². The monoisotopic (exact) mass is 224 g/mol. The average Bonchev–Trinajstić information content (AvgIpc) is 2.65. The first-order valence-electron chi connectivity index (χ1n) is 5.96. The molecule has 0 aliphatic carbocycles. The molecule has 0 saturated carbocycles. The van der Waals surface area contributed by atoms with Crippen molar-refractivity contribution in [1.82, 2.24) is 9.88 Å². The zero-order valence-corrected chi connectivity index (χ0v) is 10.0. The second-order valence-corrected chi connectivity index (χ2v) is 4.71. The highest BCUT2D eigenvalue weighted by atomic mass is 16.3. The molecule has 1 aromatic heterocycles. The Kier molecular flexibility index (Phi) is 3.61. The molecule has 2 rings (SSSR count). The molecule has 4 nitrogen and oxygen atoms in total. The molecule has 0 spiro atoms. The predicted molar refractivity (Wildman–Crippen MR) is 60.9 cm³/mol. The van der Waals surface area contributed by atoms with E-state index in [1.54, 1.807) is 0 Å². The summed E-state index contributed by atoms with van der Waals surface area (Å²) in [6.07, 6.45) is 3.49. The van der Waals surface area contributed by atoms with E-state index in [4.69, 9.17) is 4.42 Å². The number of rotatable bonds is 3. The fraction of sp³-hybridized carbons (Fsp3) is 0.750. The number of aliphatic hydroxyl groups is 1. The van der Waals surface area contributed by atoms with E-state index in [-0.39, 0.29) is 6.10 Å². The number of aryl methyl sites for hydroxylation is 1. The molecule has 90 valence electrons. The normalized spacial score (nSPS) is 21.2. The molecule has 1 unspecified atom stereocenters. The van der Waals surface area contributed by atoms with E-state index in [0.29, 0.717) is 5.92 Å². The SMILES string of the molecule is Cc1ocnc1CN1CCC(C(C)O)CC1. The van der Waals surface area contributed by atoms with Crippen LogP contribution in [0.4, 0.5) is 0 Å². The molecule has 0 aromatic carbocycles. The Morgan fingerprint density at radius 3 is 2.75 bits per heavy atom. The van der Waals surface area contributed by atoms with Gasteiger partial charge in [-0.15, -0.1) is 0 Å². The lowest BCUT2D eigenvalue weighted by molar-refractivity contribution is 0.0690. The molecule has 1 saturated heterocycles. The van der Waals surface area contributed by atoms with Gasteiger partial charge in [0.15, 0.2) is 6.39 Å². The Morgan fingerprint density at radius 1 is 1.56 bits per heavy atom. The van der Waals surface area contributed by atoms with Gasteiger partial charge >= 0.3 is 0 Å². The van der Waals surface area contributed by atoms with Crippen molar-refractivity contribution < 1.29 is 9.52 Å². The summed E-state index contributed by atoms with van der Waals surface area (Å²) in [7, 11) is 0. The summed E-state index contributed by atoms with van der Waals surface area (Å²) in [5.41, 5.74) is 1.04. The number of hydrogen-bond donors (Lipinski definition) is 1. The third kappa shape index (κ3) is 2.62. The van der Waals surface area contributed by atoms with E-state index in [2.05, 4.69) is 9.88 Å². The highest BCUT2D eigenvalue weighted by Crippen LogP contribution is 2.22. The van der Waals surface area contributed by atoms with Crippen molar-refractivity contribution in [2.24, 2.45) is 5.92 Å². The molecule has 1 N–H and O–H groups in total. The lowest BCUT2D eigenvalue weighted by Gasteiger charge is -2.32. The van der Waals surface area contributed by atoms with Crippen LogP contribution in [-0.4, -0.2) is 34.2 Å². The molecule has 1 aliphatic rings. The minimum atomic E-state index is -0.170. The molecule has 0 amide bonds. The van der Waals surface area contributed by atoms with Crippen molar-refractivity contribution in [3.63, 3.8) is 0 Å². The van der Waals surface area contributed by atoms with Crippen LogP contribution in [0.15, 0.2) is 10.8 Å². The third-order valence-corrected chi connectivity index (χ3v) is 3.53. The van der Waals surface area contributed by atoms with Gasteiger partial charge in [-0.25, -0.2) is 4.98 Å². The van der Waals surface area contributed by atoms with Crippen molar-refractivity contribution in [3.8, 4) is 0 Å². The Bertz CT molecular complexity index is 328. The maximum Gasteiger partial charge on any atom is 0.181 e. The van der Waals surface area contributed by atoms with Crippen LogP contribution in [0.25, 0.3) is 0 Å². The number of aliphatic hydroxyl groups excluding tert-OH is 1. The van der Waals surface area contributed by atoms with Gasteiger partial charge in [0.25, 0.3) is 0 Å². The lowest BCUT2D eigenvalue weighted by Crippen LogP contribution is -2.36. The van der Waals surface area contributed by atoms with E-state index in [0.717, 1.165) is 43.9 Å². The Morgan fingerprint density at radius 2 is 2.25 bits per heavy atom. The minimum absolute atomic E-state index is 0.170. The number of piperidine rings is 1. The summed E-state index contributed by atoms with van der Waals surface area (Å²) in [6, 6.07) is 0. The van der Waals surface area contributed by atoms with Crippen LogP contribution in [0.1, 0.15) is 31.2 Å². The van der Waals surface area contributed by atoms with Gasteiger partial charge in [-0.3, -0.25) is 4.90 Å². The van der Waals surface area contributed by atoms with Crippen LogP contribution in [0.2, 0.25) is 0 Å². The smallest absolute Gasteiger partial charge is 0.181 e. The Labute approximate surface area is 96.3 Å². The molecule has 0 bridgehead atoms. The molecule has 16 heavy (non-hydrogen) atoms. The highest BCUT2D eigenvalue weighted by molar-refractivity contribution is 5.04. The number of oxazole rings is 1. The molecule has 1 atom stereocenters. The summed E-state index contributed by atoms with van der Waals surface area (Å²) in [4.78, 5) is 6.58. The highest BCUT2D eigenvalue weighted by Gasteiger charge is 2.23. The average molecular weight is 224 g/mol. The summed E-state index contributed by atoms with van der Waals surface area (Å²) >= 11 is 0. The Balaban J connectivity index is 1.84. The van der Waals surface area contributed by atoms with Gasteiger partial charge in [-0.1, -0.05) is 0 Å². The van der Waals surface area contributed by atoms with Crippen molar-refractivity contribution >= 4 is 0 Å². The van der Waals surface area contributed by atoms with Crippen molar-refractivity contribution in [2.45, 2.75) is 39.3 Å². The van der Waals surface area contributed by atoms with Crippen LogP contribution in [0.5, 0.6) is 0 Å². The molecule has 1 aliphatic heterocycles. The van der Waals surface area contributed by atoms with Crippen molar-refractivity contribution in [3.05, 3.63) is 17.8 Å². The van der Waals surface area contributed by atoms with Crippen molar-refractivity contribution in [2.75, 3.05) is 13.1 Å². The molecule has 1 aromatic rings. The first-order valence-corrected chi connectivity index (χ1v) is 5.96. The predicted octanol–water partition coefficient (Wildman–Crippen LogP) is 1.58.